The molecular formula is C11H14N4OS. The normalized spacial score (nSPS) is 10.5. The minimum atomic E-state index is -0.110. The molecule has 90 valence electrons. The average Bonchev–Trinajstić information content (AvgIpc) is 2.83. The van der Waals surface area contributed by atoms with Crippen molar-refractivity contribution in [3.8, 4) is 0 Å². The maximum absolute atomic E-state index is 11.9. The second-order valence-corrected chi connectivity index (χ2v) is 5.18. The minimum Gasteiger partial charge on any atom is -0.345 e. The van der Waals surface area contributed by atoms with Crippen LogP contribution >= 0.6 is 11.3 Å². The Balaban J connectivity index is 2.03. The monoisotopic (exact) mass is 250 g/mol. The molecular weight excluding hydrogens is 236 g/mol. The standard InChI is InChI=1S/C11H14N4OS/c1-6-4-12-9(17-6)5-13-11(16)10-7(2)14-15-8(10)3/h4H,5H2,1-3H3,(H,13,16)(H,14,15). The summed E-state index contributed by atoms with van der Waals surface area (Å²) in [5.41, 5.74) is 2.13. The lowest BCUT2D eigenvalue weighted by Gasteiger charge is -2.02. The fourth-order valence-corrected chi connectivity index (χ4v) is 2.34. The van der Waals surface area contributed by atoms with Gasteiger partial charge in [0.15, 0.2) is 0 Å². The van der Waals surface area contributed by atoms with E-state index in [1.165, 1.54) is 0 Å². The molecule has 0 fully saturated rings. The molecule has 1 amide bonds. The van der Waals surface area contributed by atoms with E-state index < -0.39 is 0 Å². The molecule has 0 aliphatic rings. The number of hydrogen-bond donors (Lipinski definition) is 2. The summed E-state index contributed by atoms with van der Waals surface area (Å²) in [6.45, 7) is 6.10. The average molecular weight is 250 g/mol. The number of aromatic nitrogens is 3. The van der Waals surface area contributed by atoms with E-state index in [2.05, 4.69) is 20.5 Å². The van der Waals surface area contributed by atoms with Crippen molar-refractivity contribution in [3.63, 3.8) is 0 Å². The van der Waals surface area contributed by atoms with Crippen LogP contribution in [-0.4, -0.2) is 21.1 Å². The van der Waals surface area contributed by atoms with Crippen molar-refractivity contribution < 1.29 is 4.79 Å². The van der Waals surface area contributed by atoms with Crippen molar-refractivity contribution in [2.45, 2.75) is 27.3 Å². The summed E-state index contributed by atoms with van der Waals surface area (Å²) < 4.78 is 0. The summed E-state index contributed by atoms with van der Waals surface area (Å²) in [7, 11) is 0. The van der Waals surface area contributed by atoms with Gasteiger partial charge in [0.25, 0.3) is 5.91 Å². The number of aromatic amines is 1. The van der Waals surface area contributed by atoms with Crippen LogP contribution < -0.4 is 5.32 Å². The number of rotatable bonds is 3. The number of carbonyl (C=O) groups excluding carboxylic acids is 1. The Hall–Kier alpha value is -1.69. The molecule has 2 heterocycles. The van der Waals surface area contributed by atoms with Crippen molar-refractivity contribution in [1.82, 2.24) is 20.5 Å². The highest BCUT2D eigenvalue weighted by Crippen LogP contribution is 2.12. The Morgan fingerprint density at radius 3 is 2.76 bits per heavy atom. The molecule has 0 saturated heterocycles. The van der Waals surface area contributed by atoms with E-state index >= 15 is 0 Å². The molecule has 2 aromatic rings. The van der Waals surface area contributed by atoms with Crippen LogP contribution in [0.4, 0.5) is 0 Å². The molecule has 2 rings (SSSR count). The van der Waals surface area contributed by atoms with Crippen LogP contribution in [0.1, 0.15) is 31.6 Å². The van der Waals surface area contributed by atoms with E-state index in [9.17, 15) is 4.79 Å². The molecule has 17 heavy (non-hydrogen) atoms. The second kappa shape index (κ2) is 4.67. The van der Waals surface area contributed by atoms with Crippen molar-refractivity contribution in [1.29, 1.82) is 0 Å². The predicted octanol–water partition coefficient (Wildman–Crippen LogP) is 1.72. The van der Waals surface area contributed by atoms with E-state index in [1.54, 1.807) is 17.5 Å². The first-order valence-corrected chi connectivity index (χ1v) is 6.10. The largest absolute Gasteiger partial charge is 0.345 e. The third-order valence-corrected chi connectivity index (χ3v) is 3.34. The Bertz CT molecular complexity index is 524. The molecule has 0 bridgehead atoms. The van der Waals surface area contributed by atoms with Crippen LogP contribution in [0.15, 0.2) is 6.20 Å². The molecule has 0 aromatic carbocycles. The molecule has 0 radical (unpaired) electrons. The summed E-state index contributed by atoms with van der Waals surface area (Å²) in [5, 5.41) is 10.6. The molecule has 5 nitrogen and oxygen atoms in total. The van der Waals surface area contributed by atoms with Gasteiger partial charge in [-0.15, -0.1) is 11.3 Å². The number of nitrogens with one attached hydrogen (secondary N) is 2. The summed E-state index contributed by atoms with van der Waals surface area (Å²) in [6.07, 6.45) is 1.81. The van der Waals surface area contributed by atoms with Crippen LogP contribution in [0.3, 0.4) is 0 Å². The molecule has 2 aromatic heterocycles. The summed E-state index contributed by atoms with van der Waals surface area (Å²) in [5.74, 6) is -0.110. The molecule has 0 spiro atoms. The Morgan fingerprint density at radius 2 is 2.24 bits per heavy atom. The molecule has 0 atom stereocenters. The Labute approximate surface area is 103 Å². The quantitative estimate of drug-likeness (QED) is 0.871. The zero-order valence-corrected chi connectivity index (χ0v) is 10.8. The fourth-order valence-electron chi connectivity index (χ4n) is 1.61. The first kappa shape index (κ1) is 11.8. The Kier molecular flexibility index (Phi) is 3.23. The number of thiazole rings is 1. The third kappa shape index (κ3) is 2.52. The zero-order chi connectivity index (χ0) is 12.4. The van der Waals surface area contributed by atoms with Crippen LogP contribution in [0, 0.1) is 20.8 Å². The van der Waals surface area contributed by atoms with E-state index in [1.807, 2.05) is 20.8 Å². The van der Waals surface area contributed by atoms with Gasteiger partial charge in [0.1, 0.15) is 5.01 Å². The van der Waals surface area contributed by atoms with Gasteiger partial charge in [-0.3, -0.25) is 9.89 Å². The van der Waals surface area contributed by atoms with Gasteiger partial charge in [0.05, 0.1) is 17.8 Å². The van der Waals surface area contributed by atoms with Gasteiger partial charge in [-0.05, 0) is 20.8 Å². The van der Waals surface area contributed by atoms with Gasteiger partial charge in [-0.2, -0.15) is 5.10 Å². The third-order valence-electron chi connectivity index (χ3n) is 2.42. The van der Waals surface area contributed by atoms with E-state index in [-0.39, 0.29) is 5.91 Å². The lowest BCUT2D eigenvalue weighted by atomic mass is 10.2. The number of H-pyrrole nitrogens is 1. The summed E-state index contributed by atoms with van der Waals surface area (Å²) in [6, 6.07) is 0. The summed E-state index contributed by atoms with van der Waals surface area (Å²) >= 11 is 1.59. The highest BCUT2D eigenvalue weighted by atomic mass is 32.1. The van der Waals surface area contributed by atoms with Gasteiger partial charge in [-0.25, -0.2) is 4.98 Å². The molecule has 0 saturated carbocycles. The number of nitrogens with zero attached hydrogens (tertiary/aromatic N) is 2. The lowest BCUT2D eigenvalue weighted by Crippen LogP contribution is -2.23. The molecule has 6 heteroatoms. The highest BCUT2D eigenvalue weighted by Gasteiger charge is 2.14. The van der Waals surface area contributed by atoms with Gasteiger partial charge in [0.2, 0.25) is 0 Å². The van der Waals surface area contributed by atoms with Crippen molar-refractivity contribution in [2.75, 3.05) is 0 Å². The second-order valence-electron chi connectivity index (χ2n) is 3.86. The van der Waals surface area contributed by atoms with Crippen molar-refractivity contribution in [3.05, 3.63) is 33.0 Å². The predicted molar refractivity (Wildman–Crippen MR) is 66.1 cm³/mol. The fraction of sp³-hybridized carbons (Fsp3) is 0.364. The van der Waals surface area contributed by atoms with Crippen molar-refractivity contribution in [2.24, 2.45) is 0 Å². The maximum atomic E-state index is 11.9. The smallest absolute Gasteiger partial charge is 0.255 e. The number of amides is 1. The number of aryl methyl sites for hydroxylation is 3. The molecule has 2 N–H and O–H groups in total. The van der Waals surface area contributed by atoms with Crippen LogP contribution in [0.25, 0.3) is 0 Å². The topological polar surface area (TPSA) is 70.7 Å². The Morgan fingerprint density at radius 1 is 1.47 bits per heavy atom. The van der Waals surface area contributed by atoms with Gasteiger partial charge in [0, 0.05) is 16.8 Å². The summed E-state index contributed by atoms with van der Waals surface area (Å²) in [4.78, 5) is 17.3. The molecule has 0 aliphatic heterocycles. The van der Waals surface area contributed by atoms with E-state index in [4.69, 9.17) is 0 Å². The van der Waals surface area contributed by atoms with Gasteiger partial charge < -0.3 is 5.32 Å². The van der Waals surface area contributed by atoms with Gasteiger partial charge >= 0.3 is 0 Å². The van der Waals surface area contributed by atoms with Crippen LogP contribution in [0.2, 0.25) is 0 Å². The lowest BCUT2D eigenvalue weighted by molar-refractivity contribution is 0.0949. The SMILES string of the molecule is Cc1cnc(CNC(=O)c2c(C)n[nH]c2C)s1. The minimum absolute atomic E-state index is 0.110. The van der Waals surface area contributed by atoms with E-state index in [0.717, 1.165) is 21.3 Å². The van der Waals surface area contributed by atoms with E-state index in [0.29, 0.717) is 12.1 Å². The van der Waals surface area contributed by atoms with Gasteiger partial charge in [-0.1, -0.05) is 0 Å². The molecule has 0 unspecified atom stereocenters. The van der Waals surface area contributed by atoms with Crippen LogP contribution in [0.5, 0.6) is 0 Å². The highest BCUT2D eigenvalue weighted by molar-refractivity contribution is 7.11. The van der Waals surface area contributed by atoms with Crippen LogP contribution in [-0.2, 0) is 6.54 Å². The van der Waals surface area contributed by atoms with Crippen molar-refractivity contribution >= 4 is 17.2 Å². The zero-order valence-electron chi connectivity index (χ0n) is 10.00. The first-order chi connectivity index (χ1) is 8.08. The number of carbonyl (C=O) groups is 1. The number of hydrogen-bond acceptors (Lipinski definition) is 4. The molecule has 0 aliphatic carbocycles. The maximum Gasteiger partial charge on any atom is 0.255 e. The first-order valence-electron chi connectivity index (χ1n) is 5.29.